The van der Waals surface area contributed by atoms with Crippen molar-refractivity contribution in [2.24, 2.45) is 0 Å². The van der Waals surface area contributed by atoms with E-state index >= 15 is 0 Å². The number of benzene rings is 2. The molecule has 1 amide bonds. The van der Waals surface area contributed by atoms with Gasteiger partial charge < -0.3 is 24.0 Å². The van der Waals surface area contributed by atoms with Crippen LogP contribution in [0.1, 0.15) is 23.6 Å². The molecule has 1 atom stereocenters. The highest BCUT2D eigenvalue weighted by molar-refractivity contribution is 6.46. The van der Waals surface area contributed by atoms with Gasteiger partial charge >= 0.3 is 0 Å². The quantitative estimate of drug-likeness (QED) is 0.323. The van der Waals surface area contributed by atoms with Gasteiger partial charge in [0.15, 0.2) is 0 Å². The van der Waals surface area contributed by atoms with E-state index in [0.29, 0.717) is 42.1 Å². The number of hydrogen-bond acceptors (Lipinski definition) is 6. The normalized spacial score (nSPS) is 17.4. The van der Waals surface area contributed by atoms with Crippen LogP contribution in [0.3, 0.4) is 0 Å². The number of aromatic nitrogens is 2. The maximum absolute atomic E-state index is 13.1. The minimum absolute atomic E-state index is 0.0455. The number of aliphatic hydroxyl groups is 1. The van der Waals surface area contributed by atoms with Crippen LogP contribution < -0.4 is 9.47 Å². The number of Topliss-reactive ketones (excluding diaryl/α,β-unsaturated/α-hetero) is 1. The van der Waals surface area contributed by atoms with Crippen molar-refractivity contribution in [3.05, 3.63) is 84.0 Å². The molecule has 2 heterocycles. The molecule has 1 aliphatic heterocycles. The summed E-state index contributed by atoms with van der Waals surface area (Å²) in [6, 6.07) is 13.2. The number of carbonyl (C=O) groups is 2. The molecule has 0 radical (unpaired) electrons. The molecule has 2 aromatic carbocycles. The van der Waals surface area contributed by atoms with Gasteiger partial charge in [-0.1, -0.05) is 24.3 Å². The van der Waals surface area contributed by atoms with Crippen LogP contribution in [0.5, 0.6) is 11.5 Å². The lowest BCUT2D eigenvalue weighted by molar-refractivity contribution is -0.139. The lowest BCUT2D eigenvalue weighted by Crippen LogP contribution is -2.31. The van der Waals surface area contributed by atoms with Crippen molar-refractivity contribution in [1.29, 1.82) is 0 Å². The van der Waals surface area contributed by atoms with E-state index < -0.39 is 17.7 Å². The van der Waals surface area contributed by atoms with E-state index in [9.17, 15) is 14.7 Å². The first-order valence-corrected chi connectivity index (χ1v) is 10.6. The molecule has 0 bridgehead atoms. The lowest BCUT2D eigenvalue weighted by atomic mass is 9.95. The number of nitrogens with zero attached hydrogens (tertiary/aromatic N) is 3. The Hall–Kier alpha value is -4.07. The Morgan fingerprint density at radius 1 is 1.03 bits per heavy atom. The van der Waals surface area contributed by atoms with Gasteiger partial charge in [0, 0.05) is 31.0 Å². The highest BCUT2D eigenvalue weighted by atomic mass is 16.5. The summed E-state index contributed by atoms with van der Waals surface area (Å²) in [6.45, 7) is 0.975. The summed E-state index contributed by atoms with van der Waals surface area (Å²) in [5.74, 6) is -0.467. The summed E-state index contributed by atoms with van der Waals surface area (Å²) < 4.78 is 12.5. The van der Waals surface area contributed by atoms with Crippen LogP contribution in [-0.4, -0.2) is 52.0 Å². The smallest absolute Gasteiger partial charge is 0.295 e. The van der Waals surface area contributed by atoms with Gasteiger partial charge in [-0.15, -0.1) is 0 Å². The Morgan fingerprint density at radius 2 is 1.76 bits per heavy atom. The first kappa shape index (κ1) is 22.1. The van der Waals surface area contributed by atoms with Gasteiger partial charge in [-0.05, 0) is 36.2 Å². The molecule has 0 saturated carbocycles. The second-order valence-electron chi connectivity index (χ2n) is 7.66. The number of rotatable bonds is 8. The molecular weight excluding hydrogens is 422 g/mol. The molecule has 8 heteroatoms. The van der Waals surface area contributed by atoms with Gasteiger partial charge in [-0.3, -0.25) is 9.59 Å². The number of hydrogen-bond donors (Lipinski definition) is 1. The Labute approximate surface area is 191 Å². The van der Waals surface area contributed by atoms with Gasteiger partial charge in [0.25, 0.3) is 11.7 Å². The van der Waals surface area contributed by atoms with Crippen LogP contribution in [0.15, 0.2) is 72.8 Å². The largest absolute Gasteiger partial charge is 0.507 e. The average Bonchev–Trinajstić information content (AvgIpc) is 3.46. The molecule has 1 N–H and O–H groups in total. The summed E-state index contributed by atoms with van der Waals surface area (Å²) in [7, 11) is 3.08. The SMILES string of the molecule is COc1cccc(C(O)=C2C(=O)C(=O)N(CCCn3ccnc3)C2c2cccc(OC)c2)c1. The van der Waals surface area contributed by atoms with Gasteiger partial charge in [0.05, 0.1) is 32.2 Å². The Morgan fingerprint density at radius 3 is 2.45 bits per heavy atom. The molecule has 8 nitrogen and oxygen atoms in total. The van der Waals surface area contributed by atoms with E-state index in [1.807, 2.05) is 16.8 Å². The molecule has 33 heavy (non-hydrogen) atoms. The van der Waals surface area contributed by atoms with E-state index in [4.69, 9.17) is 9.47 Å². The van der Waals surface area contributed by atoms with E-state index in [1.165, 1.54) is 12.0 Å². The maximum Gasteiger partial charge on any atom is 0.295 e. The third-order valence-corrected chi connectivity index (χ3v) is 5.67. The zero-order valence-electron chi connectivity index (χ0n) is 18.5. The number of methoxy groups -OCH3 is 2. The van der Waals surface area contributed by atoms with Crippen LogP contribution in [0.25, 0.3) is 5.76 Å². The fraction of sp³-hybridized carbons (Fsp3) is 0.240. The van der Waals surface area contributed by atoms with Crippen molar-refractivity contribution in [3.63, 3.8) is 0 Å². The predicted molar refractivity (Wildman–Crippen MR) is 122 cm³/mol. The van der Waals surface area contributed by atoms with Gasteiger partial charge in [-0.25, -0.2) is 4.98 Å². The second kappa shape index (κ2) is 9.60. The van der Waals surface area contributed by atoms with Crippen LogP contribution >= 0.6 is 0 Å². The van der Waals surface area contributed by atoms with Crippen LogP contribution in [0.2, 0.25) is 0 Å². The molecule has 1 saturated heterocycles. The summed E-state index contributed by atoms with van der Waals surface area (Å²) in [5.41, 5.74) is 1.13. The third kappa shape index (κ3) is 4.45. The number of likely N-dealkylation sites (tertiary alicyclic amines) is 1. The standard InChI is InChI=1S/C25H25N3O5/c1-32-19-8-3-6-17(14-19)22-21(23(29)18-7-4-9-20(15-18)33-2)24(30)25(31)28(22)12-5-11-27-13-10-26-16-27/h3-4,6-10,13-16,22,29H,5,11-12H2,1-2H3. The Bertz CT molecular complexity index is 1190. The molecule has 3 aromatic rings. The summed E-state index contributed by atoms with van der Waals surface area (Å²) >= 11 is 0. The number of imidazole rings is 1. The molecule has 0 aliphatic carbocycles. The highest BCUT2D eigenvalue weighted by Gasteiger charge is 2.45. The molecule has 170 valence electrons. The van der Waals surface area contributed by atoms with Crippen molar-refractivity contribution >= 4 is 17.4 Å². The summed E-state index contributed by atoms with van der Waals surface area (Å²) in [5, 5.41) is 11.2. The molecule has 1 aromatic heterocycles. The third-order valence-electron chi connectivity index (χ3n) is 5.67. The fourth-order valence-electron chi connectivity index (χ4n) is 4.04. The molecule has 1 fully saturated rings. The van der Waals surface area contributed by atoms with Crippen molar-refractivity contribution in [1.82, 2.24) is 14.5 Å². The van der Waals surface area contributed by atoms with Crippen molar-refractivity contribution in [2.75, 3.05) is 20.8 Å². The number of aryl methyl sites for hydroxylation is 1. The minimum atomic E-state index is -0.742. The highest BCUT2D eigenvalue weighted by Crippen LogP contribution is 2.40. The number of ether oxygens (including phenoxy) is 2. The van der Waals surface area contributed by atoms with Gasteiger partial charge in [0.1, 0.15) is 17.3 Å². The molecule has 4 rings (SSSR count). The second-order valence-corrected chi connectivity index (χ2v) is 7.66. The number of amides is 1. The van der Waals surface area contributed by atoms with Crippen LogP contribution in [0, 0.1) is 0 Å². The maximum atomic E-state index is 13.1. The summed E-state index contributed by atoms with van der Waals surface area (Å²) in [6.07, 6.45) is 5.85. The van der Waals surface area contributed by atoms with Gasteiger partial charge in [-0.2, -0.15) is 0 Å². The molecule has 1 aliphatic rings. The lowest BCUT2D eigenvalue weighted by Gasteiger charge is -2.25. The zero-order valence-corrected chi connectivity index (χ0v) is 18.5. The molecular formula is C25H25N3O5. The average molecular weight is 447 g/mol. The van der Waals surface area contributed by atoms with Crippen molar-refractivity contribution < 1.29 is 24.2 Å². The number of ketones is 1. The van der Waals surface area contributed by atoms with E-state index in [2.05, 4.69) is 4.98 Å². The fourth-order valence-corrected chi connectivity index (χ4v) is 4.04. The van der Waals surface area contributed by atoms with Crippen LogP contribution in [-0.2, 0) is 16.1 Å². The predicted octanol–water partition coefficient (Wildman–Crippen LogP) is 3.41. The first-order chi connectivity index (χ1) is 16.0. The van der Waals surface area contributed by atoms with Crippen LogP contribution in [0.4, 0.5) is 0 Å². The monoisotopic (exact) mass is 447 g/mol. The van der Waals surface area contributed by atoms with E-state index in [1.54, 1.807) is 62.1 Å². The van der Waals surface area contributed by atoms with E-state index in [0.717, 1.165) is 0 Å². The van der Waals surface area contributed by atoms with Crippen molar-refractivity contribution in [3.8, 4) is 11.5 Å². The Kier molecular flexibility index (Phi) is 6.44. The summed E-state index contributed by atoms with van der Waals surface area (Å²) in [4.78, 5) is 31.7. The topological polar surface area (TPSA) is 93.9 Å². The number of aliphatic hydroxyl groups excluding tert-OH is 1. The zero-order chi connectivity index (χ0) is 23.4. The van der Waals surface area contributed by atoms with Crippen molar-refractivity contribution in [2.45, 2.75) is 19.0 Å². The Balaban J connectivity index is 1.76. The minimum Gasteiger partial charge on any atom is -0.507 e. The first-order valence-electron chi connectivity index (χ1n) is 10.6. The molecule has 1 unspecified atom stereocenters. The number of carbonyl (C=O) groups excluding carboxylic acids is 2. The molecule has 0 spiro atoms. The van der Waals surface area contributed by atoms with Gasteiger partial charge in [0.2, 0.25) is 0 Å². The van der Waals surface area contributed by atoms with E-state index in [-0.39, 0.29) is 11.3 Å².